The minimum atomic E-state index is -3.72. The Hall–Kier alpha value is -2.20. The fourth-order valence-corrected chi connectivity index (χ4v) is 4.21. The summed E-state index contributed by atoms with van der Waals surface area (Å²) in [5.74, 6) is -0.859. The largest absolute Gasteiger partial charge is 0.481 e. The summed E-state index contributed by atoms with van der Waals surface area (Å²) >= 11 is 6.05. The molecule has 0 aliphatic carbocycles. The molecule has 0 atom stereocenters. The van der Waals surface area contributed by atoms with Gasteiger partial charge in [0.15, 0.2) is 6.61 Å². The molecule has 0 spiro atoms. The number of hydrogen-bond acceptors (Lipinski definition) is 6. The van der Waals surface area contributed by atoms with Crippen molar-refractivity contribution in [3.63, 3.8) is 0 Å². The van der Waals surface area contributed by atoms with Crippen molar-refractivity contribution in [1.29, 1.82) is 0 Å². The lowest BCUT2D eigenvalue weighted by Gasteiger charge is -2.26. The molecule has 0 amide bonds. The maximum absolute atomic E-state index is 12.8. The molecule has 10 heteroatoms. The lowest BCUT2D eigenvalue weighted by molar-refractivity contribution is -0.139. The second-order valence-electron chi connectivity index (χ2n) is 5.75. The van der Waals surface area contributed by atoms with Crippen LogP contribution in [0.15, 0.2) is 41.6 Å². The minimum absolute atomic E-state index is 0.0334. The molecule has 8 nitrogen and oxygen atoms in total. The predicted octanol–water partition coefficient (Wildman–Crippen LogP) is 1.89. The Bertz CT molecular complexity index is 944. The van der Waals surface area contributed by atoms with Crippen molar-refractivity contribution in [3.8, 4) is 16.9 Å². The number of rotatable bonds is 6. The first kappa shape index (κ1) is 19.6. The van der Waals surface area contributed by atoms with Gasteiger partial charge in [-0.25, -0.2) is 13.2 Å². The average Bonchev–Trinajstić information content (AvgIpc) is 2.67. The van der Waals surface area contributed by atoms with Crippen LogP contribution in [0.1, 0.15) is 0 Å². The van der Waals surface area contributed by atoms with Gasteiger partial charge in [0, 0.05) is 41.6 Å². The molecule has 3 rings (SSSR count). The third-order valence-electron chi connectivity index (χ3n) is 3.92. The number of nitrogens with zero attached hydrogens (tertiary/aromatic N) is 2. The molecule has 1 aromatic carbocycles. The van der Waals surface area contributed by atoms with Crippen molar-refractivity contribution >= 4 is 27.6 Å². The van der Waals surface area contributed by atoms with E-state index in [0.29, 0.717) is 29.4 Å². The highest BCUT2D eigenvalue weighted by atomic mass is 35.5. The first-order chi connectivity index (χ1) is 12.9. The van der Waals surface area contributed by atoms with Crippen LogP contribution in [0, 0.1) is 0 Å². The van der Waals surface area contributed by atoms with E-state index in [-0.39, 0.29) is 23.7 Å². The molecule has 0 bridgehead atoms. The number of carboxylic acids is 1. The van der Waals surface area contributed by atoms with E-state index >= 15 is 0 Å². The fourth-order valence-electron chi connectivity index (χ4n) is 2.64. The molecule has 2 heterocycles. The molecule has 1 N–H and O–H groups in total. The molecule has 1 aromatic heterocycles. The first-order valence-electron chi connectivity index (χ1n) is 8.05. The van der Waals surface area contributed by atoms with Crippen LogP contribution in [-0.4, -0.2) is 61.7 Å². The van der Waals surface area contributed by atoms with Crippen molar-refractivity contribution in [2.75, 3.05) is 32.9 Å². The SMILES string of the molecule is O=C(O)COc1ccc(Cl)cc1-c1cncc(S(=O)(=O)N2CCOCC2)c1. The van der Waals surface area contributed by atoms with Crippen LogP contribution in [0.25, 0.3) is 11.1 Å². The second-order valence-corrected chi connectivity index (χ2v) is 8.12. The van der Waals surface area contributed by atoms with E-state index in [2.05, 4.69) is 4.98 Å². The van der Waals surface area contributed by atoms with Crippen LogP contribution >= 0.6 is 11.6 Å². The number of hydrogen-bond donors (Lipinski definition) is 1. The number of morpholine rings is 1. The zero-order chi connectivity index (χ0) is 19.4. The van der Waals surface area contributed by atoms with E-state index < -0.39 is 22.6 Å². The van der Waals surface area contributed by atoms with Crippen LogP contribution in [0.4, 0.5) is 0 Å². The van der Waals surface area contributed by atoms with Gasteiger partial charge in [-0.15, -0.1) is 0 Å². The Morgan fingerprint density at radius 2 is 2.00 bits per heavy atom. The van der Waals surface area contributed by atoms with Gasteiger partial charge >= 0.3 is 5.97 Å². The van der Waals surface area contributed by atoms with E-state index in [1.165, 1.54) is 28.8 Å². The highest BCUT2D eigenvalue weighted by Crippen LogP contribution is 2.33. The van der Waals surface area contributed by atoms with Crippen LogP contribution in [0.5, 0.6) is 5.75 Å². The Kier molecular flexibility index (Phi) is 5.95. The Labute approximate surface area is 161 Å². The van der Waals surface area contributed by atoms with Gasteiger partial charge in [0.1, 0.15) is 10.6 Å². The fraction of sp³-hybridized carbons (Fsp3) is 0.294. The van der Waals surface area contributed by atoms with Gasteiger partial charge in [-0.3, -0.25) is 4.98 Å². The highest BCUT2D eigenvalue weighted by Gasteiger charge is 2.27. The first-order valence-corrected chi connectivity index (χ1v) is 9.87. The number of aliphatic carboxylic acids is 1. The molecular formula is C17H17ClN2O6S. The molecule has 144 valence electrons. The summed E-state index contributed by atoms with van der Waals surface area (Å²) in [5, 5.41) is 9.22. The molecule has 1 saturated heterocycles. The number of benzene rings is 1. The minimum Gasteiger partial charge on any atom is -0.481 e. The van der Waals surface area contributed by atoms with E-state index in [0.717, 1.165) is 0 Å². The smallest absolute Gasteiger partial charge is 0.341 e. The van der Waals surface area contributed by atoms with Gasteiger partial charge in [0.25, 0.3) is 0 Å². The molecule has 27 heavy (non-hydrogen) atoms. The van der Waals surface area contributed by atoms with Gasteiger partial charge in [0.05, 0.1) is 13.2 Å². The number of carboxylic acid groups (broad SMARTS) is 1. The van der Waals surface area contributed by atoms with Crippen molar-refractivity contribution in [2.24, 2.45) is 0 Å². The lowest BCUT2D eigenvalue weighted by Crippen LogP contribution is -2.40. The monoisotopic (exact) mass is 412 g/mol. The van der Waals surface area contributed by atoms with Gasteiger partial charge in [0.2, 0.25) is 10.0 Å². The molecule has 0 saturated carbocycles. The summed E-state index contributed by atoms with van der Waals surface area (Å²) in [6, 6.07) is 6.13. The zero-order valence-corrected chi connectivity index (χ0v) is 15.7. The van der Waals surface area contributed by atoms with E-state index in [4.69, 9.17) is 26.2 Å². The topological polar surface area (TPSA) is 106 Å². The number of sulfonamides is 1. The van der Waals surface area contributed by atoms with Gasteiger partial charge in [-0.1, -0.05) is 11.6 Å². The molecule has 0 radical (unpaired) electrons. The zero-order valence-electron chi connectivity index (χ0n) is 14.2. The van der Waals surface area contributed by atoms with Crippen LogP contribution < -0.4 is 4.74 Å². The molecule has 2 aromatic rings. The maximum atomic E-state index is 12.8. The summed E-state index contributed by atoms with van der Waals surface area (Å²) in [6.07, 6.45) is 2.74. The number of halogens is 1. The van der Waals surface area contributed by atoms with Crippen molar-refractivity contribution in [3.05, 3.63) is 41.7 Å². The summed E-state index contributed by atoms with van der Waals surface area (Å²) < 4.78 is 37.5. The van der Waals surface area contributed by atoms with Gasteiger partial charge < -0.3 is 14.6 Å². The summed E-state index contributed by atoms with van der Waals surface area (Å²) in [6.45, 7) is 0.697. The number of pyridine rings is 1. The lowest BCUT2D eigenvalue weighted by atomic mass is 10.1. The molecule has 1 aliphatic heterocycles. The molecule has 1 fully saturated rings. The van der Waals surface area contributed by atoms with Gasteiger partial charge in [-0.05, 0) is 24.3 Å². The number of ether oxygens (including phenoxy) is 2. The van der Waals surface area contributed by atoms with Crippen LogP contribution in [0.2, 0.25) is 5.02 Å². The normalized spacial score (nSPS) is 15.4. The third-order valence-corrected chi connectivity index (χ3v) is 6.02. The van der Waals surface area contributed by atoms with Gasteiger partial charge in [-0.2, -0.15) is 4.31 Å². The maximum Gasteiger partial charge on any atom is 0.341 e. The average molecular weight is 413 g/mol. The van der Waals surface area contributed by atoms with E-state index in [9.17, 15) is 13.2 Å². The number of carbonyl (C=O) groups is 1. The Morgan fingerprint density at radius 1 is 1.26 bits per heavy atom. The molecule has 1 aliphatic rings. The quantitative estimate of drug-likeness (QED) is 0.772. The van der Waals surface area contributed by atoms with Crippen LogP contribution in [0.3, 0.4) is 0 Å². The van der Waals surface area contributed by atoms with E-state index in [1.54, 1.807) is 12.1 Å². The standard InChI is InChI=1S/C17H17ClN2O6S/c18-13-1-2-16(26-11-17(21)22)15(8-13)12-7-14(10-19-9-12)27(23,24)20-3-5-25-6-4-20/h1-2,7-10H,3-6,11H2,(H,21,22). The van der Waals surface area contributed by atoms with Crippen molar-refractivity contribution in [1.82, 2.24) is 9.29 Å². The Morgan fingerprint density at radius 3 is 2.70 bits per heavy atom. The predicted molar refractivity (Wildman–Crippen MR) is 97.4 cm³/mol. The second kappa shape index (κ2) is 8.22. The van der Waals surface area contributed by atoms with Crippen molar-refractivity contribution in [2.45, 2.75) is 4.90 Å². The van der Waals surface area contributed by atoms with E-state index in [1.807, 2.05) is 0 Å². The summed E-state index contributed by atoms with van der Waals surface area (Å²) in [7, 11) is -3.72. The summed E-state index contributed by atoms with van der Waals surface area (Å²) in [4.78, 5) is 14.9. The third kappa shape index (κ3) is 4.56. The summed E-state index contributed by atoms with van der Waals surface area (Å²) in [5.41, 5.74) is 0.905. The van der Waals surface area contributed by atoms with Crippen molar-refractivity contribution < 1.29 is 27.8 Å². The Balaban J connectivity index is 1.98. The number of aromatic nitrogens is 1. The molecular weight excluding hydrogens is 396 g/mol. The highest BCUT2D eigenvalue weighted by molar-refractivity contribution is 7.89. The van der Waals surface area contributed by atoms with Crippen LogP contribution in [-0.2, 0) is 19.6 Å². The molecule has 0 unspecified atom stereocenters.